The van der Waals surface area contributed by atoms with Gasteiger partial charge in [-0.05, 0) is 45.1 Å². The maximum atomic E-state index is 16.0. The van der Waals surface area contributed by atoms with Gasteiger partial charge in [0.2, 0.25) is 0 Å². The number of rotatable bonds is 7. The van der Waals surface area contributed by atoms with Crippen LogP contribution in [0.25, 0.3) is 22.0 Å². The molecule has 9 heteroatoms. The summed E-state index contributed by atoms with van der Waals surface area (Å²) in [5, 5.41) is 3.91. The van der Waals surface area contributed by atoms with Crippen LogP contribution in [0.15, 0.2) is 24.3 Å². The zero-order valence-electron chi connectivity index (χ0n) is 19.1. The lowest BCUT2D eigenvalue weighted by Crippen LogP contribution is -2.44. The summed E-state index contributed by atoms with van der Waals surface area (Å²) in [4.78, 5) is 13.1. The van der Waals surface area contributed by atoms with E-state index in [1.54, 1.807) is 25.1 Å². The van der Waals surface area contributed by atoms with Gasteiger partial charge in [0.1, 0.15) is 17.2 Å². The molecule has 0 amide bonds. The number of nitrogens with zero attached hydrogens (tertiary/aromatic N) is 4. The molecule has 176 valence electrons. The first-order chi connectivity index (χ1) is 15.9. The molecule has 0 unspecified atom stereocenters. The van der Waals surface area contributed by atoms with Crippen molar-refractivity contribution in [3.63, 3.8) is 0 Å². The number of benzene rings is 2. The average molecular weight is 476 g/mol. The molecule has 0 saturated carbocycles. The van der Waals surface area contributed by atoms with Crippen molar-refractivity contribution in [3.05, 3.63) is 46.5 Å². The van der Waals surface area contributed by atoms with Crippen LogP contribution in [-0.4, -0.2) is 68.3 Å². The Morgan fingerprint density at radius 1 is 1.15 bits per heavy atom. The minimum absolute atomic E-state index is 0.00304. The standard InChI is InChI=1S/C24H28ClF2N5O/c1-15-6-4-7-18(26)19(15)20-17(25)14-16-22(21(20)27)29-24(33-13-5-10-31(2)3)30-23(16)32-11-8-28-9-12-32/h4,6-7,14,28H,5,8-13H2,1-3H3. The van der Waals surface area contributed by atoms with Gasteiger partial charge in [0, 0.05) is 49.2 Å². The lowest BCUT2D eigenvalue weighted by Gasteiger charge is -2.29. The van der Waals surface area contributed by atoms with E-state index < -0.39 is 11.6 Å². The molecule has 4 rings (SSSR count). The third-order valence-corrected chi connectivity index (χ3v) is 6.01. The zero-order chi connectivity index (χ0) is 23.5. The van der Waals surface area contributed by atoms with Crippen molar-refractivity contribution in [3.8, 4) is 17.1 Å². The summed E-state index contributed by atoms with van der Waals surface area (Å²) in [6.07, 6.45) is 0.778. The average Bonchev–Trinajstić information content (AvgIpc) is 2.79. The highest BCUT2D eigenvalue weighted by molar-refractivity contribution is 6.34. The van der Waals surface area contributed by atoms with E-state index in [4.69, 9.17) is 16.3 Å². The number of fused-ring (bicyclic) bond motifs is 1. The lowest BCUT2D eigenvalue weighted by atomic mass is 9.97. The van der Waals surface area contributed by atoms with Gasteiger partial charge in [-0.15, -0.1) is 0 Å². The Kier molecular flexibility index (Phi) is 7.26. The van der Waals surface area contributed by atoms with E-state index in [0.717, 1.165) is 26.1 Å². The van der Waals surface area contributed by atoms with Gasteiger partial charge in [-0.2, -0.15) is 9.97 Å². The Labute approximate surface area is 197 Å². The lowest BCUT2D eigenvalue weighted by molar-refractivity contribution is 0.264. The van der Waals surface area contributed by atoms with Crippen LogP contribution in [0.2, 0.25) is 5.02 Å². The fourth-order valence-corrected chi connectivity index (χ4v) is 4.35. The van der Waals surface area contributed by atoms with Crippen molar-refractivity contribution in [2.75, 3.05) is 58.3 Å². The first-order valence-electron chi connectivity index (χ1n) is 11.0. The Balaban J connectivity index is 1.85. The van der Waals surface area contributed by atoms with Crippen molar-refractivity contribution in [2.45, 2.75) is 13.3 Å². The highest BCUT2D eigenvalue weighted by atomic mass is 35.5. The molecule has 1 aliphatic rings. The second kappa shape index (κ2) is 10.2. The van der Waals surface area contributed by atoms with Crippen molar-refractivity contribution in [2.24, 2.45) is 0 Å². The second-order valence-electron chi connectivity index (χ2n) is 8.45. The Morgan fingerprint density at radius 2 is 1.91 bits per heavy atom. The fourth-order valence-electron chi connectivity index (χ4n) is 4.06. The molecule has 0 radical (unpaired) electrons. The molecule has 3 aromatic rings. The Hall–Kier alpha value is -2.55. The van der Waals surface area contributed by atoms with Crippen LogP contribution in [0.5, 0.6) is 6.01 Å². The van der Waals surface area contributed by atoms with E-state index in [9.17, 15) is 4.39 Å². The van der Waals surface area contributed by atoms with Gasteiger partial charge in [0.15, 0.2) is 5.82 Å². The third-order valence-electron chi connectivity index (χ3n) is 5.71. The summed E-state index contributed by atoms with van der Waals surface area (Å²) in [6, 6.07) is 6.35. The van der Waals surface area contributed by atoms with E-state index in [0.29, 0.717) is 36.5 Å². The van der Waals surface area contributed by atoms with Gasteiger partial charge in [0.05, 0.1) is 11.6 Å². The molecule has 2 heterocycles. The molecule has 1 aliphatic heterocycles. The summed E-state index contributed by atoms with van der Waals surface area (Å²) >= 11 is 6.54. The molecule has 0 bridgehead atoms. The summed E-state index contributed by atoms with van der Waals surface area (Å²) < 4.78 is 36.5. The quantitative estimate of drug-likeness (QED) is 0.515. The number of anilines is 1. The molecule has 1 saturated heterocycles. The molecule has 2 aromatic carbocycles. The van der Waals surface area contributed by atoms with Crippen molar-refractivity contribution in [1.82, 2.24) is 20.2 Å². The van der Waals surface area contributed by atoms with Gasteiger partial charge in [0.25, 0.3) is 0 Å². The Bertz CT molecular complexity index is 1130. The van der Waals surface area contributed by atoms with Gasteiger partial charge in [-0.1, -0.05) is 23.7 Å². The van der Waals surface area contributed by atoms with E-state index in [-0.39, 0.29) is 27.7 Å². The molecule has 1 N–H and O–H groups in total. The van der Waals surface area contributed by atoms with Gasteiger partial charge < -0.3 is 19.9 Å². The maximum absolute atomic E-state index is 16.0. The summed E-state index contributed by atoms with van der Waals surface area (Å²) in [6.45, 7) is 5.96. The molecular weight excluding hydrogens is 448 g/mol. The first kappa shape index (κ1) is 23.6. The highest BCUT2D eigenvalue weighted by Crippen LogP contribution is 2.40. The highest BCUT2D eigenvalue weighted by Gasteiger charge is 2.25. The number of piperazine rings is 1. The number of nitrogens with one attached hydrogen (secondary N) is 1. The molecule has 0 atom stereocenters. The van der Waals surface area contributed by atoms with Crippen molar-refractivity contribution in [1.29, 1.82) is 0 Å². The van der Waals surface area contributed by atoms with E-state index in [2.05, 4.69) is 25.1 Å². The predicted molar refractivity (Wildman–Crippen MR) is 128 cm³/mol. The number of halogens is 3. The summed E-state index contributed by atoms with van der Waals surface area (Å²) in [7, 11) is 3.97. The molecule has 1 fully saturated rings. The monoisotopic (exact) mass is 475 g/mol. The van der Waals surface area contributed by atoms with Gasteiger partial charge >= 0.3 is 6.01 Å². The molecule has 0 spiro atoms. The van der Waals surface area contributed by atoms with Gasteiger partial charge in [-0.25, -0.2) is 8.78 Å². The van der Waals surface area contributed by atoms with Crippen molar-refractivity contribution >= 4 is 28.3 Å². The molecule has 6 nitrogen and oxygen atoms in total. The zero-order valence-corrected chi connectivity index (χ0v) is 19.8. The van der Waals surface area contributed by atoms with Crippen LogP contribution >= 0.6 is 11.6 Å². The summed E-state index contributed by atoms with van der Waals surface area (Å²) in [5.74, 6) is -0.643. The second-order valence-corrected chi connectivity index (χ2v) is 8.85. The first-order valence-corrected chi connectivity index (χ1v) is 11.4. The topological polar surface area (TPSA) is 53.5 Å². The predicted octanol–water partition coefficient (Wildman–Crippen LogP) is 4.28. The molecule has 0 aliphatic carbocycles. The van der Waals surface area contributed by atoms with Gasteiger partial charge in [-0.3, -0.25) is 0 Å². The van der Waals surface area contributed by atoms with Crippen LogP contribution in [0, 0.1) is 18.6 Å². The number of hydrogen-bond acceptors (Lipinski definition) is 6. The van der Waals surface area contributed by atoms with Crippen molar-refractivity contribution < 1.29 is 13.5 Å². The SMILES string of the molecule is Cc1cccc(F)c1-c1c(Cl)cc2c(N3CCNCC3)nc(OCCCN(C)C)nc2c1F. The van der Waals surface area contributed by atoms with E-state index in [1.165, 1.54) is 6.07 Å². The van der Waals surface area contributed by atoms with Crippen LogP contribution in [0.4, 0.5) is 14.6 Å². The summed E-state index contributed by atoms with van der Waals surface area (Å²) in [5.41, 5.74) is 0.802. The fraction of sp³-hybridized carbons (Fsp3) is 0.417. The van der Waals surface area contributed by atoms with Crippen LogP contribution in [0.3, 0.4) is 0 Å². The van der Waals surface area contributed by atoms with E-state index in [1.807, 2.05) is 14.1 Å². The normalized spacial score (nSPS) is 14.3. The molecule has 1 aromatic heterocycles. The smallest absolute Gasteiger partial charge is 0.319 e. The maximum Gasteiger partial charge on any atom is 0.319 e. The minimum atomic E-state index is -0.678. The number of aromatic nitrogens is 2. The van der Waals surface area contributed by atoms with Crippen LogP contribution < -0.4 is 15.0 Å². The largest absolute Gasteiger partial charge is 0.463 e. The van der Waals surface area contributed by atoms with Crippen LogP contribution in [0.1, 0.15) is 12.0 Å². The minimum Gasteiger partial charge on any atom is -0.463 e. The van der Waals surface area contributed by atoms with Crippen LogP contribution in [-0.2, 0) is 0 Å². The third kappa shape index (κ3) is 5.03. The van der Waals surface area contributed by atoms with E-state index >= 15 is 4.39 Å². The molecular formula is C24H28ClF2N5O. The number of ether oxygens (including phenoxy) is 1. The Morgan fingerprint density at radius 3 is 2.61 bits per heavy atom. The number of hydrogen-bond donors (Lipinski definition) is 1. The number of aryl methyl sites for hydroxylation is 1. The molecule has 33 heavy (non-hydrogen) atoms.